The van der Waals surface area contributed by atoms with Gasteiger partial charge in [0.25, 0.3) is 0 Å². The summed E-state index contributed by atoms with van der Waals surface area (Å²) in [4.78, 5) is 28.0. The number of hydrogen-bond donors (Lipinski definition) is 2. The number of amides is 2. The number of ether oxygens (including phenoxy) is 1. The molecule has 2 heterocycles. The van der Waals surface area contributed by atoms with Gasteiger partial charge in [0.2, 0.25) is 11.9 Å². The standard InChI is InChI=1S/C13H16FN3O3S/c1-13(2,3)20-12(19)17-8-6-21-9-5-15-10(14)4-7(9)16-11(8)18/h4-5,8H,6H2,1-3H3,(H,16,18)(H,17,19)/t8-/m0/s1. The van der Waals surface area contributed by atoms with Crippen molar-refractivity contribution < 1.29 is 18.7 Å². The van der Waals surface area contributed by atoms with Crippen LogP contribution in [0.2, 0.25) is 0 Å². The second kappa shape index (κ2) is 5.88. The van der Waals surface area contributed by atoms with E-state index in [1.54, 1.807) is 20.8 Å². The van der Waals surface area contributed by atoms with Crippen LogP contribution in [0.3, 0.4) is 0 Å². The Morgan fingerprint density at radius 1 is 1.57 bits per heavy atom. The van der Waals surface area contributed by atoms with Crippen LogP contribution in [0.4, 0.5) is 14.9 Å². The predicted molar refractivity (Wildman–Crippen MR) is 76.7 cm³/mol. The van der Waals surface area contributed by atoms with Gasteiger partial charge in [-0.15, -0.1) is 11.8 Å². The Labute approximate surface area is 125 Å². The number of carbonyl (C=O) groups is 2. The predicted octanol–water partition coefficient (Wildman–Crippen LogP) is 2.16. The Morgan fingerprint density at radius 2 is 2.29 bits per heavy atom. The Kier molecular flexibility index (Phi) is 4.36. The van der Waals surface area contributed by atoms with Gasteiger partial charge in [-0.05, 0) is 20.8 Å². The molecule has 2 N–H and O–H groups in total. The van der Waals surface area contributed by atoms with Crippen molar-refractivity contribution >= 4 is 29.4 Å². The second-order valence-corrected chi connectivity index (χ2v) is 6.56. The molecule has 8 heteroatoms. The third-order valence-electron chi connectivity index (χ3n) is 2.50. The first-order valence-electron chi connectivity index (χ1n) is 6.33. The van der Waals surface area contributed by atoms with Crippen LogP contribution >= 0.6 is 11.8 Å². The zero-order chi connectivity index (χ0) is 15.6. The molecule has 0 saturated carbocycles. The molecule has 0 spiro atoms. The van der Waals surface area contributed by atoms with Crippen LogP contribution in [0.15, 0.2) is 17.2 Å². The molecular weight excluding hydrogens is 297 g/mol. The van der Waals surface area contributed by atoms with Gasteiger partial charge in [0.15, 0.2) is 0 Å². The van der Waals surface area contributed by atoms with Crippen molar-refractivity contribution in [2.24, 2.45) is 0 Å². The highest BCUT2D eigenvalue weighted by molar-refractivity contribution is 7.99. The maximum Gasteiger partial charge on any atom is 0.408 e. The van der Waals surface area contributed by atoms with Crippen molar-refractivity contribution in [1.29, 1.82) is 0 Å². The van der Waals surface area contributed by atoms with Gasteiger partial charge < -0.3 is 15.4 Å². The van der Waals surface area contributed by atoms with Crippen molar-refractivity contribution in [3.8, 4) is 0 Å². The van der Waals surface area contributed by atoms with Crippen molar-refractivity contribution in [3.05, 3.63) is 18.2 Å². The second-order valence-electron chi connectivity index (χ2n) is 5.50. The number of anilines is 1. The van der Waals surface area contributed by atoms with Crippen molar-refractivity contribution in [1.82, 2.24) is 10.3 Å². The number of thioether (sulfide) groups is 1. The van der Waals surface area contributed by atoms with Crippen molar-refractivity contribution in [2.45, 2.75) is 37.3 Å². The molecule has 1 aliphatic rings. The van der Waals surface area contributed by atoms with Crippen LogP contribution in [0.1, 0.15) is 20.8 Å². The molecule has 0 aromatic carbocycles. The molecule has 0 bridgehead atoms. The number of nitrogens with zero attached hydrogens (tertiary/aromatic N) is 1. The van der Waals surface area contributed by atoms with Gasteiger partial charge in [-0.2, -0.15) is 4.39 Å². The third-order valence-corrected chi connectivity index (χ3v) is 3.64. The third kappa shape index (κ3) is 4.32. The monoisotopic (exact) mass is 313 g/mol. The largest absolute Gasteiger partial charge is 0.444 e. The number of hydrogen-bond acceptors (Lipinski definition) is 5. The molecule has 21 heavy (non-hydrogen) atoms. The number of fused-ring (bicyclic) bond motifs is 1. The summed E-state index contributed by atoms with van der Waals surface area (Å²) in [7, 11) is 0. The summed E-state index contributed by atoms with van der Waals surface area (Å²) in [6.45, 7) is 5.20. The minimum Gasteiger partial charge on any atom is -0.444 e. The molecule has 2 rings (SSSR count). The molecule has 2 amide bonds. The number of halogens is 1. The maximum atomic E-state index is 13.1. The van der Waals surface area contributed by atoms with Crippen LogP contribution < -0.4 is 10.6 Å². The van der Waals surface area contributed by atoms with Gasteiger partial charge in [-0.3, -0.25) is 4.79 Å². The summed E-state index contributed by atoms with van der Waals surface area (Å²) >= 11 is 1.31. The summed E-state index contributed by atoms with van der Waals surface area (Å²) in [6.07, 6.45) is 0.685. The van der Waals surface area contributed by atoms with Crippen molar-refractivity contribution in [2.75, 3.05) is 11.1 Å². The molecule has 1 aliphatic heterocycles. The molecule has 0 aliphatic carbocycles. The van der Waals surface area contributed by atoms with E-state index in [-0.39, 0.29) is 0 Å². The SMILES string of the molecule is CC(C)(C)OC(=O)N[C@H]1CSc2cnc(F)cc2NC1=O. The molecule has 114 valence electrons. The molecule has 1 aromatic heterocycles. The van der Waals surface area contributed by atoms with E-state index in [1.807, 2.05) is 0 Å². The van der Waals surface area contributed by atoms with E-state index in [1.165, 1.54) is 18.0 Å². The van der Waals surface area contributed by atoms with E-state index in [0.717, 1.165) is 6.07 Å². The van der Waals surface area contributed by atoms with E-state index in [2.05, 4.69) is 15.6 Å². The molecule has 0 fully saturated rings. The molecule has 0 radical (unpaired) electrons. The Morgan fingerprint density at radius 3 is 2.95 bits per heavy atom. The van der Waals surface area contributed by atoms with E-state index in [9.17, 15) is 14.0 Å². The first kappa shape index (κ1) is 15.6. The Bertz CT molecular complexity index is 574. The highest BCUT2D eigenvalue weighted by Gasteiger charge is 2.28. The normalized spacial score (nSPS) is 18.3. The number of rotatable bonds is 1. The fourth-order valence-corrected chi connectivity index (χ4v) is 2.63. The quantitative estimate of drug-likeness (QED) is 0.777. The number of carbonyl (C=O) groups excluding carboxylic acids is 2. The lowest BCUT2D eigenvalue weighted by Gasteiger charge is -2.22. The fourth-order valence-electron chi connectivity index (χ4n) is 1.66. The van der Waals surface area contributed by atoms with E-state index in [4.69, 9.17) is 4.74 Å². The Hall–Kier alpha value is -1.83. The average Bonchev–Trinajstić information content (AvgIpc) is 2.47. The summed E-state index contributed by atoms with van der Waals surface area (Å²) in [6, 6.07) is 0.385. The maximum absolute atomic E-state index is 13.1. The molecular formula is C13H16FN3O3S. The minimum atomic E-state index is -0.764. The van der Waals surface area contributed by atoms with E-state index in [0.29, 0.717) is 16.3 Å². The molecule has 0 unspecified atom stereocenters. The van der Waals surface area contributed by atoms with Gasteiger partial charge in [0.1, 0.15) is 11.6 Å². The number of pyridine rings is 1. The van der Waals surface area contributed by atoms with Crippen molar-refractivity contribution in [3.63, 3.8) is 0 Å². The van der Waals surface area contributed by atoms with Gasteiger partial charge in [0, 0.05) is 22.9 Å². The molecule has 6 nitrogen and oxygen atoms in total. The van der Waals surface area contributed by atoms with E-state index < -0.39 is 29.6 Å². The fraction of sp³-hybridized carbons (Fsp3) is 0.462. The van der Waals surface area contributed by atoms with Crippen LogP contribution in [0, 0.1) is 5.95 Å². The van der Waals surface area contributed by atoms with Gasteiger partial charge >= 0.3 is 6.09 Å². The van der Waals surface area contributed by atoms with Crippen LogP contribution in [-0.2, 0) is 9.53 Å². The zero-order valence-electron chi connectivity index (χ0n) is 11.9. The highest BCUT2D eigenvalue weighted by atomic mass is 32.2. The summed E-state index contributed by atoms with van der Waals surface area (Å²) in [5, 5.41) is 5.08. The lowest BCUT2D eigenvalue weighted by molar-refractivity contribution is -0.117. The highest BCUT2D eigenvalue weighted by Crippen LogP contribution is 2.30. The lowest BCUT2D eigenvalue weighted by Crippen LogP contribution is -2.46. The summed E-state index contributed by atoms with van der Waals surface area (Å²) < 4.78 is 18.2. The average molecular weight is 313 g/mol. The van der Waals surface area contributed by atoms with Crippen LogP contribution in [-0.4, -0.2) is 34.4 Å². The molecule has 1 aromatic rings. The Balaban J connectivity index is 2.05. The van der Waals surface area contributed by atoms with Crippen LogP contribution in [0.25, 0.3) is 0 Å². The van der Waals surface area contributed by atoms with Gasteiger partial charge in [-0.25, -0.2) is 9.78 Å². The summed E-state index contributed by atoms with van der Waals surface area (Å²) in [5.74, 6) is -0.781. The zero-order valence-corrected chi connectivity index (χ0v) is 12.7. The van der Waals surface area contributed by atoms with Crippen LogP contribution in [0.5, 0.6) is 0 Å². The molecule has 0 saturated heterocycles. The minimum absolute atomic E-state index is 0.311. The lowest BCUT2D eigenvalue weighted by atomic mass is 10.2. The number of aromatic nitrogens is 1. The van der Waals surface area contributed by atoms with E-state index >= 15 is 0 Å². The van der Waals surface area contributed by atoms with Gasteiger partial charge in [0.05, 0.1) is 5.69 Å². The first-order valence-corrected chi connectivity index (χ1v) is 7.32. The van der Waals surface area contributed by atoms with Gasteiger partial charge in [-0.1, -0.05) is 0 Å². The number of nitrogens with one attached hydrogen (secondary N) is 2. The first-order chi connectivity index (χ1) is 9.74. The molecule has 1 atom stereocenters. The summed E-state index contributed by atoms with van der Waals surface area (Å²) in [5.41, 5.74) is -0.292. The smallest absolute Gasteiger partial charge is 0.408 e. The topological polar surface area (TPSA) is 80.3 Å². The number of alkyl carbamates (subject to hydrolysis) is 1.